The highest BCUT2D eigenvalue weighted by atomic mass is 19.3. The van der Waals surface area contributed by atoms with Crippen LogP contribution < -0.4 is 0 Å². The number of aliphatic hydroxyl groups excluding tert-OH is 4. The molecule has 1 aliphatic rings. The van der Waals surface area contributed by atoms with Crippen LogP contribution in [0.15, 0.2) is 0 Å². The maximum absolute atomic E-state index is 13.5. The van der Waals surface area contributed by atoms with Gasteiger partial charge >= 0.3 is 0 Å². The standard InChI is InChI=1S/C8H14F2O5/c1-15-7-6(14)5(13)4(12)3(2-11)8(7,9)10/h3-7,11-14H,2H2,1H3/t3-,4-,5+,6-,7-/m1/s1. The number of ether oxygens (including phenoxy) is 1. The minimum Gasteiger partial charge on any atom is -0.396 e. The molecule has 0 aliphatic heterocycles. The van der Waals surface area contributed by atoms with Gasteiger partial charge in [-0.3, -0.25) is 0 Å². The zero-order chi connectivity index (χ0) is 11.8. The van der Waals surface area contributed by atoms with Crippen molar-refractivity contribution in [2.75, 3.05) is 13.7 Å². The summed E-state index contributed by atoms with van der Waals surface area (Å²) < 4.78 is 31.4. The van der Waals surface area contributed by atoms with E-state index in [1.54, 1.807) is 0 Å². The number of rotatable bonds is 2. The molecular weight excluding hydrogens is 214 g/mol. The molecule has 0 unspecified atom stereocenters. The van der Waals surface area contributed by atoms with Crippen LogP contribution in [0.4, 0.5) is 8.78 Å². The van der Waals surface area contributed by atoms with Crippen molar-refractivity contribution in [2.24, 2.45) is 5.92 Å². The predicted molar refractivity (Wildman–Crippen MR) is 44.3 cm³/mol. The van der Waals surface area contributed by atoms with E-state index in [1.165, 1.54) is 0 Å². The van der Waals surface area contributed by atoms with Crippen molar-refractivity contribution in [1.82, 2.24) is 0 Å². The Kier molecular flexibility index (Phi) is 3.62. The Morgan fingerprint density at radius 1 is 1.13 bits per heavy atom. The number of methoxy groups -OCH3 is 1. The number of halogens is 2. The Morgan fingerprint density at radius 2 is 1.67 bits per heavy atom. The van der Waals surface area contributed by atoms with Gasteiger partial charge in [-0.1, -0.05) is 0 Å². The Morgan fingerprint density at radius 3 is 2.07 bits per heavy atom. The van der Waals surface area contributed by atoms with E-state index in [0.717, 1.165) is 7.11 Å². The molecule has 0 amide bonds. The minimum absolute atomic E-state index is 0.959. The first-order valence-corrected chi connectivity index (χ1v) is 4.43. The molecule has 5 atom stereocenters. The molecule has 0 bridgehead atoms. The van der Waals surface area contributed by atoms with Gasteiger partial charge in [0.1, 0.15) is 18.3 Å². The molecule has 4 N–H and O–H groups in total. The normalized spacial score (nSPS) is 45.4. The summed E-state index contributed by atoms with van der Waals surface area (Å²) in [5, 5.41) is 36.5. The zero-order valence-corrected chi connectivity index (χ0v) is 8.05. The highest BCUT2D eigenvalue weighted by Gasteiger charge is 2.60. The van der Waals surface area contributed by atoms with E-state index in [9.17, 15) is 24.1 Å². The number of hydrogen-bond acceptors (Lipinski definition) is 5. The van der Waals surface area contributed by atoms with E-state index in [-0.39, 0.29) is 0 Å². The summed E-state index contributed by atoms with van der Waals surface area (Å²) in [6.07, 6.45) is -7.46. The van der Waals surface area contributed by atoms with Gasteiger partial charge in [-0.25, -0.2) is 8.78 Å². The van der Waals surface area contributed by atoms with Crippen LogP contribution in [0.5, 0.6) is 0 Å². The zero-order valence-electron chi connectivity index (χ0n) is 8.05. The molecule has 90 valence electrons. The van der Waals surface area contributed by atoms with Crippen molar-refractivity contribution in [1.29, 1.82) is 0 Å². The molecule has 0 saturated heterocycles. The molecule has 1 saturated carbocycles. The summed E-state index contributed by atoms with van der Waals surface area (Å²) in [6.45, 7) is -1.00. The molecule has 15 heavy (non-hydrogen) atoms. The summed E-state index contributed by atoms with van der Waals surface area (Å²) in [5.41, 5.74) is 0. The molecule has 0 aromatic heterocycles. The van der Waals surface area contributed by atoms with Crippen LogP contribution in [0, 0.1) is 5.92 Å². The highest BCUT2D eigenvalue weighted by molar-refractivity contribution is 5.03. The fourth-order valence-corrected chi connectivity index (χ4v) is 1.81. The van der Waals surface area contributed by atoms with Gasteiger partial charge in [0, 0.05) is 7.11 Å². The summed E-state index contributed by atoms with van der Waals surface area (Å²) in [4.78, 5) is 0. The average molecular weight is 228 g/mol. The molecule has 7 heteroatoms. The van der Waals surface area contributed by atoms with Crippen LogP contribution in [0.1, 0.15) is 0 Å². The van der Waals surface area contributed by atoms with Crippen LogP contribution in [0.2, 0.25) is 0 Å². The van der Waals surface area contributed by atoms with E-state index in [2.05, 4.69) is 4.74 Å². The molecule has 1 aliphatic carbocycles. The molecular formula is C8H14F2O5. The van der Waals surface area contributed by atoms with Crippen LogP contribution in [0.3, 0.4) is 0 Å². The largest absolute Gasteiger partial charge is 0.396 e. The number of aliphatic hydroxyl groups is 4. The van der Waals surface area contributed by atoms with Crippen molar-refractivity contribution < 1.29 is 33.9 Å². The fraction of sp³-hybridized carbons (Fsp3) is 1.00. The smallest absolute Gasteiger partial charge is 0.283 e. The van der Waals surface area contributed by atoms with E-state index >= 15 is 0 Å². The van der Waals surface area contributed by atoms with Gasteiger partial charge < -0.3 is 25.2 Å². The lowest BCUT2D eigenvalue weighted by Gasteiger charge is -2.44. The summed E-state index contributed by atoms with van der Waals surface area (Å²) >= 11 is 0. The fourth-order valence-electron chi connectivity index (χ4n) is 1.81. The van der Waals surface area contributed by atoms with Crippen LogP contribution in [-0.4, -0.2) is 64.5 Å². The Balaban J connectivity index is 3.01. The van der Waals surface area contributed by atoms with E-state index in [0.29, 0.717) is 0 Å². The maximum Gasteiger partial charge on any atom is 0.283 e. The topological polar surface area (TPSA) is 90.2 Å². The van der Waals surface area contributed by atoms with Crippen molar-refractivity contribution in [3.05, 3.63) is 0 Å². The quantitative estimate of drug-likeness (QED) is 0.454. The average Bonchev–Trinajstić information content (AvgIpc) is 2.15. The molecule has 0 radical (unpaired) electrons. The monoisotopic (exact) mass is 228 g/mol. The van der Waals surface area contributed by atoms with E-state index < -0.39 is 42.9 Å². The second-order valence-corrected chi connectivity index (χ2v) is 3.59. The second kappa shape index (κ2) is 4.26. The Hall–Kier alpha value is -0.340. The second-order valence-electron chi connectivity index (χ2n) is 3.59. The van der Waals surface area contributed by atoms with Gasteiger partial charge in [-0.2, -0.15) is 0 Å². The molecule has 0 aromatic carbocycles. The van der Waals surface area contributed by atoms with Crippen molar-refractivity contribution in [3.63, 3.8) is 0 Å². The Bertz CT molecular complexity index is 205. The van der Waals surface area contributed by atoms with Gasteiger partial charge in [0.25, 0.3) is 5.92 Å². The lowest BCUT2D eigenvalue weighted by atomic mass is 9.78. The third kappa shape index (κ3) is 1.85. The van der Waals surface area contributed by atoms with Crippen molar-refractivity contribution >= 4 is 0 Å². The molecule has 1 fully saturated rings. The number of alkyl halides is 2. The molecule has 1 rings (SSSR count). The van der Waals surface area contributed by atoms with E-state index in [1.807, 2.05) is 0 Å². The van der Waals surface area contributed by atoms with Crippen LogP contribution in [0.25, 0.3) is 0 Å². The first kappa shape index (κ1) is 12.7. The first-order valence-electron chi connectivity index (χ1n) is 4.43. The summed E-state index contributed by atoms with van der Waals surface area (Å²) in [5.74, 6) is -5.44. The van der Waals surface area contributed by atoms with Gasteiger partial charge in [0.2, 0.25) is 0 Å². The third-order valence-electron chi connectivity index (χ3n) is 2.75. The maximum atomic E-state index is 13.5. The minimum atomic E-state index is -3.60. The van der Waals surface area contributed by atoms with Gasteiger partial charge in [-0.15, -0.1) is 0 Å². The SMILES string of the molecule is CO[C@@H]1[C@H](O)[C@@H](O)[C@H](O)[C@@H](CO)C1(F)F. The van der Waals surface area contributed by atoms with Gasteiger partial charge in [0.05, 0.1) is 18.6 Å². The molecule has 0 heterocycles. The summed E-state index contributed by atoms with van der Waals surface area (Å²) in [7, 11) is 0.959. The molecule has 0 aromatic rings. The lowest BCUT2D eigenvalue weighted by Crippen LogP contribution is -2.65. The van der Waals surface area contributed by atoms with E-state index in [4.69, 9.17) is 5.11 Å². The Labute approximate surface area is 84.9 Å². The van der Waals surface area contributed by atoms with Crippen molar-refractivity contribution in [2.45, 2.75) is 30.3 Å². The predicted octanol–water partition coefficient (Wildman–Crippen LogP) is -1.66. The number of hydrogen-bond donors (Lipinski definition) is 4. The van der Waals surface area contributed by atoms with Crippen LogP contribution in [-0.2, 0) is 4.74 Å². The lowest BCUT2D eigenvalue weighted by molar-refractivity contribution is -0.279. The highest BCUT2D eigenvalue weighted by Crippen LogP contribution is 2.40. The third-order valence-corrected chi connectivity index (χ3v) is 2.75. The van der Waals surface area contributed by atoms with Crippen molar-refractivity contribution in [3.8, 4) is 0 Å². The summed E-state index contributed by atoms with van der Waals surface area (Å²) in [6, 6.07) is 0. The van der Waals surface area contributed by atoms with Gasteiger partial charge in [0.15, 0.2) is 0 Å². The molecule has 0 spiro atoms. The van der Waals surface area contributed by atoms with Gasteiger partial charge in [-0.05, 0) is 0 Å². The first-order chi connectivity index (χ1) is 6.87. The molecule has 5 nitrogen and oxygen atoms in total. The van der Waals surface area contributed by atoms with Crippen LogP contribution >= 0.6 is 0 Å².